The van der Waals surface area contributed by atoms with E-state index in [1.165, 1.54) is 20.4 Å². The Labute approximate surface area is 348 Å². The number of rotatable bonds is 17. The van der Waals surface area contributed by atoms with Gasteiger partial charge in [-0.05, 0) is 86.7 Å². The zero-order valence-corrected chi connectivity index (χ0v) is 34.9. The Kier molecular flexibility index (Phi) is 13.3. The number of piperidine rings is 2. The Morgan fingerprint density at radius 1 is 0.915 bits per heavy atom. The third-order valence-corrected chi connectivity index (χ3v) is 13.1. The predicted octanol–water partition coefficient (Wildman–Crippen LogP) is 5.95. The summed E-state index contributed by atoms with van der Waals surface area (Å²) >= 11 is 6.47. The van der Waals surface area contributed by atoms with Crippen LogP contribution in [0.25, 0.3) is 0 Å². The van der Waals surface area contributed by atoms with Crippen molar-refractivity contribution in [3.8, 4) is 5.75 Å². The number of imide groups is 1. The van der Waals surface area contributed by atoms with Crippen molar-refractivity contribution in [3.63, 3.8) is 0 Å². The zero-order chi connectivity index (χ0) is 41.5. The molecule has 2 saturated heterocycles. The molecule has 2 fully saturated rings. The van der Waals surface area contributed by atoms with Gasteiger partial charge >= 0.3 is 7.60 Å². The van der Waals surface area contributed by atoms with Gasteiger partial charge in [-0.1, -0.05) is 23.7 Å². The van der Waals surface area contributed by atoms with Gasteiger partial charge in [-0.3, -0.25) is 24.3 Å². The molecule has 1 aromatic heterocycles. The minimum Gasteiger partial charge on any atom is -0.494 e. The van der Waals surface area contributed by atoms with Gasteiger partial charge in [0.2, 0.25) is 17.8 Å². The van der Waals surface area contributed by atoms with Gasteiger partial charge in [-0.15, -0.1) is 0 Å². The highest BCUT2D eigenvalue weighted by Gasteiger charge is 2.39. The van der Waals surface area contributed by atoms with Gasteiger partial charge in [0.25, 0.3) is 5.91 Å². The lowest BCUT2D eigenvalue weighted by Crippen LogP contribution is -2.52. The van der Waals surface area contributed by atoms with Crippen LogP contribution in [0, 0.1) is 0 Å². The molecule has 1 unspecified atom stereocenters. The second kappa shape index (κ2) is 18.8. The number of methoxy groups -OCH3 is 1. The van der Waals surface area contributed by atoms with Gasteiger partial charge < -0.3 is 44.9 Å². The van der Waals surface area contributed by atoms with Gasteiger partial charge in [-0.2, -0.15) is 4.98 Å². The van der Waals surface area contributed by atoms with Crippen molar-refractivity contribution in [2.45, 2.75) is 57.2 Å². The second-order valence-corrected chi connectivity index (χ2v) is 17.1. The van der Waals surface area contributed by atoms with Gasteiger partial charge in [-0.25, -0.2) is 4.98 Å². The van der Waals surface area contributed by atoms with Crippen molar-refractivity contribution in [3.05, 3.63) is 83.0 Å². The van der Waals surface area contributed by atoms with E-state index in [-0.39, 0.29) is 29.2 Å². The molecule has 18 heteroatoms. The van der Waals surface area contributed by atoms with Crippen LogP contribution in [0.3, 0.4) is 0 Å². The van der Waals surface area contributed by atoms with Crippen LogP contribution in [-0.2, 0) is 29.7 Å². The number of benzene rings is 3. The van der Waals surface area contributed by atoms with Gasteiger partial charge in [0, 0.05) is 75.9 Å². The number of unbranched alkanes of at least 4 members (excludes halogenated alkanes) is 1. The van der Waals surface area contributed by atoms with Crippen LogP contribution in [0.15, 0.2) is 66.9 Å². The first kappa shape index (κ1) is 41.9. The molecule has 4 heterocycles. The number of carbonyl (C=O) groups is 3. The molecule has 3 aliphatic rings. The minimum atomic E-state index is -3.56. The smallest absolute Gasteiger partial charge is 0.362 e. The van der Waals surface area contributed by atoms with E-state index < -0.39 is 19.5 Å². The van der Waals surface area contributed by atoms with Crippen LogP contribution in [-0.4, -0.2) is 92.2 Å². The highest BCUT2D eigenvalue weighted by atomic mass is 35.5. The van der Waals surface area contributed by atoms with Crippen molar-refractivity contribution in [2.24, 2.45) is 0 Å². The zero-order valence-electron chi connectivity index (χ0n) is 33.3. The maximum atomic E-state index is 13.2. The Bertz CT molecular complexity index is 2230. The number of nitrogens with zero attached hydrogens (tertiary/aromatic N) is 4. The number of nitrogens with one attached hydrogen (secondary N) is 5. The fourth-order valence-electron chi connectivity index (χ4n) is 7.65. The first-order valence-electron chi connectivity index (χ1n) is 19.6. The molecule has 59 heavy (non-hydrogen) atoms. The molecule has 4 aromatic rings. The lowest BCUT2D eigenvalue weighted by atomic mass is 10.0. The van der Waals surface area contributed by atoms with E-state index in [2.05, 4.69) is 47.5 Å². The molecule has 0 radical (unpaired) electrons. The largest absolute Gasteiger partial charge is 0.494 e. The molecule has 0 aliphatic carbocycles. The van der Waals surface area contributed by atoms with Crippen LogP contribution in [0.5, 0.6) is 5.75 Å². The van der Waals surface area contributed by atoms with E-state index in [0.29, 0.717) is 52.8 Å². The fraction of sp³-hybridized carbons (Fsp3) is 0.390. The van der Waals surface area contributed by atoms with Crippen LogP contribution in [0.1, 0.15) is 54.4 Å². The number of para-hydroxylation sites is 1. The quantitative estimate of drug-likeness (QED) is 0.0477. The molecule has 3 amide bonds. The van der Waals surface area contributed by atoms with E-state index in [4.69, 9.17) is 25.4 Å². The average molecular weight is 846 g/mol. The van der Waals surface area contributed by atoms with Gasteiger partial charge in [0.15, 0.2) is 5.82 Å². The lowest BCUT2D eigenvalue weighted by Gasteiger charge is -2.34. The highest BCUT2D eigenvalue weighted by molar-refractivity contribution is 7.62. The molecule has 16 nitrogen and oxygen atoms in total. The van der Waals surface area contributed by atoms with E-state index in [1.54, 1.807) is 36.3 Å². The summed E-state index contributed by atoms with van der Waals surface area (Å²) < 4.78 is 29.4. The third-order valence-electron chi connectivity index (χ3n) is 10.9. The highest BCUT2D eigenvalue weighted by Crippen LogP contribution is 2.47. The van der Waals surface area contributed by atoms with Gasteiger partial charge in [0.05, 0.1) is 30.0 Å². The van der Waals surface area contributed by atoms with Gasteiger partial charge in [0.1, 0.15) is 16.8 Å². The molecule has 0 saturated carbocycles. The lowest BCUT2D eigenvalue weighted by molar-refractivity contribution is -0.136. The summed E-state index contributed by atoms with van der Waals surface area (Å²) in [6, 6.07) is 18.5. The third kappa shape index (κ3) is 9.63. The van der Waals surface area contributed by atoms with Crippen molar-refractivity contribution in [1.29, 1.82) is 0 Å². The second-order valence-electron chi connectivity index (χ2n) is 14.5. The molecular weight excluding hydrogens is 797 g/mol. The number of aromatic nitrogens is 2. The summed E-state index contributed by atoms with van der Waals surface area (Å²) in [6.45, 7) is 3.92. The molecule has 1 atom stereocenters. The predicted molar refractivity (Wildman–Crippen MR) is 228 cm³/mol. The number of ether oxygens (including phenoxy) is 1. The van der Waals surface area contributed by atoms with Crippen LogP contribution in [0.4, 0.5) is 34.5 Å². The summed E-state index contributed by atoms with van der Waals surface area (Å²) in [4.78, 5) is 49.8. The van der Waals surface area contributed by atoms with Crippen molar-refractivity contribution in [2.75, 3.05) is 68.4 Å². The van der Waals surface area contributed by atoms with Crippen molar-refractivity contribution in [1.82, 2.24) is 25.5 Å². The number of hydrogen-bond donors (Lipinski definition) is 5. The number of amides is 3. The van der Waals surface area contributed by atoms with Crippen LogP contribution >= 0.6 is 19.2 Å². The first-order valence-corrected chi connectivity index (χ1v) is 21.6. The van der Waals surface area contributed by atoms with Crippen LogP contribution < -0.4 is 41.5 Å². The summed E-state index contributed by atoms with van der Waals surface area (Å²) in [5.74, 6) is 0.369. The number of halogens is 1. The average Bonchev–Trinajstić information content (AvgIpc) is 3.58. The molecule has 5 N–H and O–H groups in total. The molecule has 3 aromatic carbocycles. The Morgan fingerprint density at radius 3 is 2.46 bits per heavy atom. The number of fused-ring (bicyclic) bond motifs is 1. The molecular formula is C41H49ClN9O7P. The Balaban J connectivity index is 0.848. The summed E-state index contributed by atoms with van der Waals surface area (Å²) in [7, 11) is 0.725. The van der Waals surface area contributed by atoms with Crippen LogP contribution in [0.2, 0.25) is 5.02 Å². The molecule has 7 rings (SSSR count). The Morgan fingerprint density at radius 2 is 1.69 bits per heavy atom. The molecule has 0 bridgehead atoms. The van der Waals surface area contributed by atoms with E-state index in [0.717, 1.165) is 68.8 Å². The van der Waals surface area contributed by atoms with Crippen molar-refractivity contribution < 1.29 is 32.7 Å². The number of carbonyl (C=O) groups excluding carboxylic acids is 3. The molecule has 312 valence electrons. The van der Waals surface area contributed by atoms with Crippen molar-refractivity contribution >= 4 is 76.7 Å². The summed E-state index contributed by atoms with van der Waals surface area (Å²) in [6.07, 6.45) is 6.13. The molecule has 3 aliphatic heterocycles. The normalized spacial score (nSPS) is 17.2. The maximum Gasteiger partial charge on any atom is 0.362 e. The maximum absolute atomic E-state index is 13.2. The topological polar surface area (TPSA) is 188 Å². The minimum absolute atomic E-state index is 0.163. The molecule has 0 spiro atoms. The fourth-order valence-corrected chi connectivity index (χ4v) is 9.02. The van der Waals surface area contributed by atoms with E-state index in [1.807, 2.05) is 30.3 Å². The monoisotopic (exact) mass is 845 g/mol. The summed E-state index contributed by atoms with van der Waals surface area (Å²) in [5.41, 5.74) is 4.67. The summed E-state index contributed by atoms with van der Waals surface area (Å²) in [5, 5.41) is 16.5. The first-order chi connectivity index (χ1) is 28.6. The van der Waals surface area contributed by atoms with E-state index in [9.17, 15) is 18.9 Å². The Hall–Kier alpha value is -5.25. The number of hydrogen-bond acceptors (Lipinski definition) is 14. The number of anilines is 6. The van der Waals surface area contributed by atoms with E-state index >= 15 is 0 Å². The SMILES string of the molecule is COc1cc(N2CCC(NCCCCNc3ccc4c(c3)CN(C3CCC(=O)NC3=O)C4=O)CC2)ccc1Nc1ncc(Cl)c(Nc2ccccc2P(=O)(OC)OC)n1. The standard InChI is InChI=1S/C41H49ClN9O7P/c1-56-35-23-29(11-13-32(35)47-41-45-24-31(42)38(49-41)46-33-8-4-5-9-36(33)59(55,57-2)58-3)50-20-16-27(17-21-50)43-18-6-7-19-44-28-10-12-30-26(22-28)25-51(40(30)54)34-14-15-37(52)48-39(34)53/h4-5,8-13,22-24,27,34,43-44H,6-7,14-21,25H2,1-3H3,(H,48,52,53)(H2,45,46,47,49).